The van der Waals surface area contributed by atoms with E-state index in [1.165, 1.54) is 13.2 Å². The lowest BCUT2D eigenvalue weighted by Gasteiger charge is -2.18. The van der Waals surface area contributed by atoms with E-state index in [-0.39, 0.29) is 24.1 Å². The summed E-state index contributed by atoms with van der Waals surface area (Å²) < 4.78 is 38.2. The molecule has 0 aromatic heterocycles. The van der Waals surface area contributed by atoms with Gasteiger partial charge in [0.25, 0.3) is 0 Å². The summed E-state index contributed by atoms with van der Waals surface area (Å²) in [7, 11) is 1.37. The van der Waals surface area contributed by atoms with E-state index < -0.39 is 11.7 Å². The van der Waals surface area contributed by atoms with Gasteiger partial charge in [0.15, 0.2) is 0 Å². The van der Waals surface area contributed by atoms with Crippen molar-refractivity contribution in [2.24, 2.45) is 0 Å². The van der Waals surface area contributed by atoms with Crippen LogP contribution in [0.1, 0.15) is 79.4 Å². The van der Waals surface area contributed by atoms with Crippen molar-refractivity contribution in [2.45, 2.75) is 70.0 Å². The van der Waals surface area contributed by atoms with E-state index in [2.05, 4.69) is 6.07 Å². The molecule has 41 heavy (non-hydrogen) atoms. The van der Waals surface area contributed by atoms with Crippen LogP contribution in [-0.4, -0.2) is 30.4 Å². The highest BCUT2D eigenvalue weighted by Crippen LogP contribution is 2.44. The van der Waals surface area contributed by atoms with Crippen LogP contribution in [0, 0.1) is 17.1 Å². The molecule has 1 aliphatic carbocycles. The molecule has 0 amide bonds. The van der Waals surface area contributed by atoms with Gasteiger partial charge in [0.2, 0.25) is 0 Å². The van der Waals surface area contributed by atoms with Crippen LogP contribution in [0.15, 0.2) is 48.5 Å². The number of rotatable bonds is 10. The highest BCUT2D eigenvalue weighted by Gasteiger charge is 2.32. The number of benzene rings is 3. The molecule has 2 aliphatic rings. The Labute approximate surface area is 239 Å². The van der Waals surface area contributed by atoms with Gasteiger partial charge in [-0.25, -0.2) is 4.39 Å². The van der Waals surface area contributed by atoms with Crippen LogP contribution in [0.4, 0.5) is 4.39 Å². The second kappa shape index (κ2) is 11.8. The fourth-order valence-corrected chi connectivity index (χ4v) is 5.55. The normalized spacial score (nSPS) is 17.3. The molecule has 8 heteroatoms. The van der Waals surface area contributed by atoms with Gasteiger partial charge in [0.1, 0.15) is 41.0 Å². The molecule has 3 aromatic carbocycles. The summed E-state index contributed by atoms with van der Waals surface area (Å²) in [5, 5.41) is 19.7. The quantitative estimate of drug-likeness (QED) is 0.276. The third-order valence-electron chi connectivity index (χ3n) is 7.66. The highest BCUT2D eigenvalue weighted by atomic mass is 19.1. The Morgan fingerprint density at radius 1 is 1.17 bits per heavy atom. The summed E-state index contributed by atoms with van der Waals surface area (Å²) in [5.74, 6) is 1.39. The van der Waals surface area contributed by atoms with Gasteiger partial charge in [-0.2, -0.15) is 5.26 Å². The maximum absolute atomic E-state index is 15.2. The van der Waals surface area contributed by atoms with Crippen molar-refractivity contribution in [3.8, 4) is 29.1 Å². The van der Waals surface area contributed by atoms with Gasteiger partial charge >= 0.3 is 5.97 Å². The molecule has 0 fully saturated rings. The molecule has 0 unspecified atom stereocenters. The number of esters is 1. The standard InChI is InChI=1S/C33H34FNO6/c1-33(2,37)14-4-5-20-6-7-21(18-35)29(15-20)41-27-13-11-26(34)32-25(27)10-12-28(32)40-23-8-9-24-22(16-31(36)38-3)19-39-30(24)17-23/h6-9,11,13,15,17,22,28,37H,4-5,10,12,14,16,19H2,1-3H3/t22-,28-/m1/s1. The number of hydrogen-bond acceptors (Lipinski definition) is 7. The Hall–Kier alpha value is -4.09. The van der Waals surface area contributed by atoms with E-state index in [0.29, 0.717) is 60.0 Å². The van der Waals surface area contributed by atoms with Gasteiger partial charge in [0, 0.05) is 28.7 Å². The number of carbonyl (C=O) groups excluding carboxylic acids is 1. The topological polar surface area (TPSA) is 98.0 Å². The van der Waals surface area contributed by atoms with Gasteiger partial charge in [-0.1, -0.05) is 12.1 Å². The monoisotopic (exact) mass is 559 g/mol. The number of ether oxygens (including phenoxy) is 4. The molecule has 0 saturated heterocycles. The molecular weight excluding hydrogens is 525 g/mol. The average molecular weight is 560 g/mol. The Kier molecular flexibility index (Phi) is 8.18. The molecular formula is C33H34FNO6. The van der Waals surface area contributed by atoms with Crippen molar-refractivity contribution in [1.29, 1.82) is 5.26 Å². The fourth-order valence-electron chi connectivity index (χ4n) is 5.55. The first-order chi connectivity index (χ1) is 19.6. The predicted molar refractivity (Wildman–Crippen MR) is 150 cm³/mol. The molecule has 2 atom stereocenters. The number of nitrogens with zero attached hydrogens (tertiary/aromatic N) is 1. The zero-order chi connectivity index (χ0) is 29.1. The molecule has 0 spiro atoms. The van der Waals surface area contributed by atoms with Crippen LogP contribution in [0.3, 0.4) is 0 Å². The minimum atomic E-state index is -0.737. The van der Waals surface area contributed by atoms with E-state index in [1.54, 1.807) is 32.0 Å². The first kappa shape index (κ1) is 28.4. The second-order valence-corrected chi connectivity index (χ2v) is 11.3. The minimum absolute atomic E-state index is 0.0748. The Morgan fingerprint density at radius 3 is 2.76 bits per heavy atom. The summed E-state index contributed by atoms with van der Waals surface area (Å²) in [6.45, 7) is 3.96. The molecule has 7 nitrogen and oxygen atoms in total. The maximum atomic E-state index is 15.2. The predicted octanol–water partition coefficient (Wildman–Crippen LogP) is 6.69. The smallest absolute Gasteiger partial charge is 0.306 e. The molecule has 5 rings (SSSR count). The Bertz CT molecular complexity index is 1490. The van der Waals surface area contributed by atoms with E-state index in [0.717, 1.165) is 29.5 Å². The zero-order valence-corrected chi connectivity index (χ0v) is 23.5. The van der Waals surface area contributed by atoms with Crippen molar-refractivity contribution >= 4 is 5.97 Å². The van der Waals surface area contributed by atoms with Crippen molar-refractivity contribution < 1.29 is 33.2 Å². The number of aliphatic hydroxyl groups is 1. The van der Waals surface area contributed by atoms with Crippen molar-refractivity contribution in [3.63, 3.8) is 0 Å². The number of nitriles is 1. The molecule has 214 valence electrons. The maximum Gasteiger partial charge on any atom is 0.306 e. The number of aryl methyl sites for hydroxylation is 1. The largest absolute Gasteiger partial charge is 0.492 e. The lowest BCUT2D eigenvalue weighted by molar-refractivity contribution is -0.141. The molecule has 3 aromatic rings. The average Bonchev–Trinajstić information content (AvgIpc) is 3.54. The number of fused-ring (bicyclic) bond motifs is 2. The molecule has 1 aliphatic heterocycles. The van der Waals surface area contributed by atoms with Gasteiger partial charge in [-0.05, 0) is 81.8 Å². The third kappa shape index (κ3) is 6.47. The summed E-state index contributed by atoms with van der Waals surface area (Å²) in [4.78, 5) is 11.7. The molecule has 1 N–H and O–H groups in total. The summed E-state index contributed by atoms with van der Waals surface area (Å²) >= 11 is 0. The molecule has 0 saturated carbocycles. The molecule has 1 heterocycles. The second-order valence-electron chi connectivity index (χ2n) is 11.3. The number of methoxy groups -OCH3 is 1. The van der Waals surface area contributed by atoms with E-state index in [9.17, 15) is 15.2 Å². The number of halogens is 1. The van der Waals surface area contributed by atoms with Crippen LogP contribution in [0.2, 0.25) is 0 Å². The minimum Gasteiger partial charge on any atom is -0.492 e. The van der Waals surface area contributed by atoms with Crippen LogP contribution >= 0.6 is 0 Å². The summed E-state index contributed by atoms with van der Waals surface area (Å²) in [6, 6.07) is 16.1. The number of carbonyl (C=O) groups is 1. The van der Waals surface area contributed by atoms with Gasteiger partial charge in [0.05, 0.1) is 31.3 Å². The molecule has 0 bridgehead atoms. The van der Waals surface area contributed by atoms with Crippen LogP contribution in [-0.2, 0) is 22.4 Å². The van der Waals surface area contributed by atoms with E-state index in [1.807, 2.05) is 24.3 Å². The van der Waals surface area contributed by atoms with Crippen molar-refractivity contribution in [3.05, 3.63) is 82.2 Å². The van der Waals surface area contributed by atoms with E-state index in [4.69, 9.17) is 18.9 Å². The van der Waals surface area contributed by atoms with Gasteiger partial charge < -0.3 is 24.1 Å². The fraction of sp³-hybridized carbons (Fsp3) is 0.394. The molecule has 0 radical (unpaired) electrons. The van der Waals surface area contributed by atoms with Crippen LogP contribution in [0.25, 0.3) is 0 Å². The highest BCUT2D eigenvalue weighted by molar-refractivity contribution is 5.71. The van der Waals surface area contributed by atoms with Gasteiger partial charge in [-0.3, -0.25) is 4.79 Å². The van der Waals surface area contributed by atoms with Gasteiger partial charge in [-0.15, -0.1) is 0 Å². The van der Waals surface area contributed by atoms with Crippen LogP contribution < -0.4 is 14.2 Å². The lowest BCUT2D eigenvalue weighted by atomic mass is 9.98. The number of hydrogen-bond donors (Lipinski definition) is 1. The van der Waals surface area contributed by atoms with E-state index >= 15 is 4.39 Å². The zero-order valence-electron chi connectivity index (χ0n) is 23.5. The van der Waals surface area contributed by atoms with Crippen molar-refractivity contribution in [2.75, 3.05) is 13.7 Å². The SMILES string of the molecule is COC(=O)C[C@@H]1COc2cc(O[C@@H]3CCc4c(Oc5cc(CCCC(C)(C)O)ccc5C#N)ccc(F)c43)ccc21. The summed E-state index contributed by atoms with van der Waals surface area (Å²) in [5.41, 5.74) is 2.75. The Balaban J connectivity index is 1.33. The lowest BCUT2D eigenvalue weighted by Crippen LogP contribution is -2.18. The van der Waals surface area contributed by atoms with Crippen molar-refractivity contribution in [1.82, 2.24) is 0 Å². The first-order valence-electron chi connectivity index (χ1n) is 13.9. The Morgan fingerprint density at radius 2 is 2.00 bits per heavy atom. The third-order valence-corrected chi connectivity index (χ3v) is 7.66. The first-order valence-corrected chi connectivity index (χ1v) is 13.9. The summed E-state index contributed by atoms with van der Waals surface area (Å²) in [6.07, 6.45) is 3.03. The van der Waals surface area contributed by atoms with Crippen LogP contribution in [0.5, 0.6) is 23.0 Å².